The molecule has 5 N–H and O–H groups in total. The van der Waals surface area contributed by atoms with E-state index in [0.29, 0.717) is 0 Å². The van der Waals surface area contributed by atoms with Gasteiger partial charge in [-0.25, -0.2) is 0 Å². The molecule has 0 bridgehead atoms. The van der Waals surface area contributed by atoms with E-state index in [9.17, 15) is 24.0 Å². The van der Waals surface area contributed by atoms with Gasteiger partial charge >= 0.3 is 33.0 Å². The van der Waals surface area contributed by atoms with E-state index in [0.717, 1.165) is 17.1 Å². The van der Waals surface area contributed by atoms with Crippen molar-refractivity contribution in [2.75, 3.05) is 32.8 Å². The van der Waals surface area contributed by atoms with E-state index < -0.39 is 47.5 Å². The van der Waals surface area contributed by atoms with Gasteiger partial charge in [-0.05, 0) is 13.8 Å². The second kappa shape index (κ2) is 13.7. The van der Waals surface area contributed by atoms with Gasteiger partial charge in [0.25, 0.3) is 17.7 Å². The number of carboxylic acid groups (broad SMARTS) is 2. The number of hydrogen-bond donors (Lipinski definition) is 3. The zero-order valence-corrected chi connectivity index (χ0v) is 22.4. The Morgan fingerprint density at radius 1 is 1.08 bits per heavy atom. The van der Waals surface area contributed by atoms with Crippen LogP contribution in [0.2, 0.25) is 0 Å². The fourth-order valence-corrected chi connectivity index (χ4v) is 3.55. The molecule has 3 rings (SSSR count). The van der Waals surface area contributed by atoms with Gasteiger partial charge in [0.05, 0.1) is 17.9 Å². The number of carbonyl (C=O) groups excluding carboxylic acids is 3. The number of carbonyl (C=O) groups is 5. The van der Waals surface area contributed by atoms with Gasteiger partial charge in [-0.3, -0.25) is 28.9 Å². The van der Waals surface area contributed by atoms with Crippen molar-refractivity contribution in [3.8, 4) is 0 Å². The number of ether oxygens (including phenoxy) is 2. The normalized spacial score (nSPS) is 22.8. The number of oxime groups is 1. The van der Waals surface area contributed by atoms with Crippen LogP contribution in [0, 0.1) is 5.41 Å². The summed E-state index contributed by atoms with van der Waals surface area (Å²) in [6.45, 7) is 3.57. The Balaban J connectivity index is 0.000000479. The van der Waals surface area contributed by atoms with Gasteiger partial charge in [0.1, 0.15) is 0 Å². The van der Waals surface area contributed by atoms with Crippen molar-refractivity contribution >= 4 is 35.4 Å². The number of rotatable bonds is 10. The quantitative estimate of drug-likeness (QED) is 0.156. The summed E-state index contributed by atoms with van der Waals surface area (Å²) < 4.78 is 10.7. The topological polar surface area (TPSA) is 229 Å². The molecule has 1 aliphatic carbocycles. The average molecular weight is 707 g/mol. The molecule has 0 unspecified atom stereocenters. The molecule has 0 spiro atoms. The Kier molecular flexibility index (Phi) is 12.0. The van der Waals surface area contributed by atoms with Crippen molar-refractivity contribution in [1.29, 1.82) is 0 Å². The summed E-state index contributed by atoms with van der Waals surface area (Å²) in [6, 6.07) is 0. The minimum Gasteiger partial charge on any atom is -0.675 e. The zero-order chi connectivity index (χ0) is 27.1. The zero-order valence-electron chi connectivity index (χ0n) is 20.1. The molecule has 3 aliphatic rings. The number of hydrogen-bond acceptors (Lipinski definition) is 9. The minimum absolute atomic E-state index is 0. The number of nitrogens with one attached hydrogen (secondary N) is 3. The number of carboxylic acids is 2. The molecule has 2 heterocycles. The van der Waals surface area contributed by atoms with Crippen molar-refractivity contribution in [2.45, 2.75) is 44.7 Å². The molecule has 0 aromatic rings. The van der Waals surface area contributed by atoms with Crippen molar-refractivity contribution in [3.05, 3.63) is 23.6 Å². The summed E-state index contributed by atoms with van der Waals surface area (Å²) in [5.41, 5.74) is 12.6. The summed E-state index contributed by atoms with van der Waals surface area (Å²) in [7, 11) is 0. The number of amides is 3. The Bertz CT molecular complexity index is 898. The van der Waals surface area contributed by atoms with Crippen LogP contribution in [-0.4, -0.2) is 101 Å². The standard InChI is InChI=1S/C14H15N3O8.C7H14N2O2.Pt/c18-9(15-3-4-17-10(19)1-2-11(17)20)7-25-16-8-5-14(6-8,12(21)22)13(23)24;1-7(2)10-5(3-8)6(4-9)11-7;/h1-2H,3-7H2,(H,15,18)(H,21,22)(H,23,24);5-6,8-9H,3-4H2,1-2H3;/q;-2;+2/t;5-,6-;/m.1./s1. The second-order valence-electron chi connectivity index (χ2n) is 8.61. The Hall–Kier alpha value is -2.71. The van der Waals surface area contributed by atoms with Crippen LogP contribution in [-0.2, 0) is 59.3 Å². The maximum atomic E-state index is 11.5. The van der Waals surface area contributed by atoms with Crippen LogP contribution in [0.5, 0.6) is 0 Å². The van der Waals surface area contributed by atoms with Gasteiger partial charge in [-0.2, -0.15) is 0 Å². The van der Waals surface area contributed by atoms with Crippen LogP contribution in [0.15, 0.2) is 17.3 Å². The average Bonchev–Trinajstić information content (AvgIpc) is 3.26. The first-order chi connectivity index (χ1) is 16.8. The fourth-order valence-electron chi connectivity index (χ4n) is 3.55. The van der Waals surface area contributed by atoms with E-state index in [1.54, 1.807) is 0 Å². The molecule has 15 nitrogen and oxygen atoms in total. The van der Waals surface area contributed by atoms with Crippen molar-refractivity contribution in [2.24, 2.45) is 10.6 Å². The smallest absolute Gasteiger partial charge is 0.675 e. The summed E-state index contributed by atoms with van der Waals surface area (Å²) in [5.74, 6) is -4.95. The summed E-state index contributed by atoms with van der Waals surface area (Å²) in [4.78, 5) is 61.7. The van der Waals surface area contributed by atoms with Gasteiger partial charge in [0, 0.05) is 38.1 Å². The first-order valence-electron chi connectivity index (χ1n) is 10.9. The largest absolute Gasteiger partial charge is 2.00 e. The van der Waals surface area contributed by atoms with E-state index >= 15 is 0 Å². The number of nitrogens with zero attached hydrogens (tertiary/aromatic N) is 2. The van der Waals surface area contributed by atoms with Crippen molar-refractivity contribution in [1.82, 2.24) is 10.2 Å². The van der Waals surface area contributed by atoms with Crippen LogP contribution < -0.4 is 5.32 Å². The van der Waals surface area contributed by atoms with Gasteiger partial charge in [-0.15, -0.1) is 13.1 Å². The predicted molar refractivity (Wildman–Crippen MR) is 121 cm³/mol. The summed E-state index contributed by atoms with van der Waals surface area (Å²) in [5, 5.41) is 23.8. The number of aliphatic carboxylic acids is 2. The molecule has 1 saturated heterocycles. The molecule has 16 heteroatoms. The Labute approximate surface area is 226 Å². The molecular weight excluding hydrogens is 677 g/mol. The fraction of sp³-hybridized carbons (Fsp3) is 0.619. The van der Waals surface area contributed by atoms with E-state index in [1.165, 1.54) is 0 Å². The van der Waals surface area contributed by atoms with Crippen LogP contribution in [0.25, 0.3) is 11.5 Å². The van der Waals surface area contributed by atoms with Crippen LogP contribution >= 0.6 is 0 Å². The van der Waals surface area contributed by atoms with Crippen molar-refractivity contribution < 1.29 is 69.6 Å². The molecule has 2 atom stereocenters. The van der Waals surface area contributed by atoms with Crippen LogP contribution in [0.1, 0.15) is 26.7 Å². The van der Waals surface area contributed by atoms with Crippen molar-refractivity contribution in [3.63, 3.8) is 0 Å². The van der Waals surface area contributed by atoms with E-state index in [-0.39, 0.29) is 78.0 Å². The third kappa shape index (κ3) is 8.40. The van der Waals surface area contributed by atoms with E-state index in [1.807, 2.05) is 13.8 Å². The Morgan fingerprint density at radius 2 is 1.57 bits per heavy atom. The van der Waals surface area contributed by atoms with Gasteiger partial charge < -0.3 is 41.3 Å². The molecule has 3 amide bonds. The molecular formula is C21H29N5O10Pt. The first-order valence-corrected chi connectivity index (χ1v) is 10.9. The van der Waals surface area contributed by atoms with Crippen LogP contribution in [0.4, 0.5) is 0 Å². The molecule has 0 aromatic heterocycles. The SMILES string of the molecule is CC1(C)O[C@H](C[NH-])[C@@H](C[NH-])O1.O=C(CON=C1CC(C(=O)O)(C(=O)O)C1)NCCN1C(=O)C=CC1=O.[Pt+2]. The van der Waals surface area contributed by atoms with Gasteiger partial charge in [0.15, 0.2) is 17.8 Å². The molecule has 37 heavy (non-hydrogen) atoms. The summed E-state index contributed by atoms with van der Waals surface area (Å²) >= 11 is 0. The molecule has 0 radical (unpaired) electrons. The van der Waals surface area contributed by atoms with E-state index in [4.69, 9.17) is 36.0 Å². The molecule has 2 fully saturated rings. The monoisotopic (exact) mass is 706 g/mol. The molecule has 2 aliphatic heterocycles. The molecule has 208 valence electrons. The van der Waals surface area contributed by atoms with E-state index in [2.05, 4.69) is 10.5 Å². The maximum Gasteiger partial charge on any atom is 2.00 e. The summed E-state index contributed by atoms with van der Waals surface area (Å²) in [6.07, 6.45) is 1.26. The van der Waals surface area contributed by atoms with Gasteiger partial charge in [-0.1, -0.05) is 5.16 Å². The third-order valence-corrected chi connectivity index (χ3v) is 5.47. The predicted octanol–water partition coefficient (Wildman–Crippen LogP) is -0.0420. The minimum atomic E-state index is -1.88. The number of imide groups is 1. The maximum absolute atomic E-state index is 11.5. The second-order valence-corrected chi connectivity index (χ2v) is 8.61. The third-order valence-electron chi connectivity index (χ3n) is 5.47. The van der Waals surface area contributed by atoms with Crippen LogP contribution in [0.3, 0.4) is 0 Å². The molecule has 1 saturated carbocycles. The first kappa shape index (κ1) is 32.3. The Morgan fingerprint density at radius 3 is 2.00 bits per heavy atom. The molecule has 0 aromatic carbocycles. The van der Waals surface area contributed by atoms with Gasteiger partial charge in [0.2, 0.25) is 0 Å².